The summed E-state index contributed by atoms with van der Waals surface area (Å²) in [6.07, 6.45) is 0.373. The number of halogens is 1. The molecule has 17 heavy (non-hydrogen) atoms. The molecule has 0 unspecified atom stereocenters. The lowest BCUT2D eigenvalue weighted by Gasteiger charge is -1.97. The van der Waals surface area contributed by atoms with Crippen LogP contribution in [-0.2, 0) is 17.6 Å². The van der Waals surface area contributed by atoms with E-state index in [9.17, 15) is 9.18 Å². The molecule has 0 spiro atoms. The number of carbonyl (C=O) groups is 1. The van der Waals surface area contributed by atoms with Crippen LogP contribution in [0.15, 0.2) is 28.8 Å². The maximum absolute atomic E-state index is 13.4. The fraction of sp³-hybridized carbons (Fsp3) is 0.250. The molecule has 0 fully saturated rings. The molecule has 88 valence electrons. The molecule has 0 aliphatic carbocycles. The number of benzene rings is 1. The molecule has 2 aromatic rings. The van der Waals surface area contributed by atoms with E-state index in [2.05, 4.69) is 10.1 Å². The van der Waals surface area contributed by atoms with Gasteiger partial charge in [-0.05, 0) is 18.6 Å². The Morgan fingerprint density at radius 2 is 2.18 bits per heavy atom. The zero-order valence-corrected chi connectivity index (χ0v) is 9.31. The lowest BCUT2D eigenvalue weighted by atomic mass is 10.1. The van der Waals surface area contributed by atoms with Gasteiger partial charge in [-0.25, -0.2) is 4.39 Å². The van der Waals surface area contributed by atoms with Crippen molar-refractivity contribution in [2.75, 3.05) is 0 Å². The number of aromatic nitrogens is 2. The van der Waals surface area contributed by atoms with Crippen molar-refractivity contribution in [1.29, 1.82) is 0 Å². The molecular formula is C12H11FN2O2. The molecule has 1 aromatic carbocycles. The summed E-state index contributed by atoms with van der Waals surface area (Å²) in [7, 11) is 0. The number of Topliss-reactive ketones (excluding diaryl/α,β-unsaturated/α-hetero) is 1. The molecule has 0 saturated carbocycles. The van der Waals surface area contributed by atoms with Crippen LogP contribution in [0, 0.1) is 5.82 Å². The summed E-state index contributed by atoms with van der Waals surface area (Å²) in [4.78, 5) is 14.9. The molecule has 0 saturated heterocycles. The first-order valence-corrected chi connectivity index (χ1v) is 5.19. The smallest absolute Gasteiger partial charge is 0.234 e. The van der Waals surface area contributed by atoms with Crippen LogP contribution in [0.2, 0.25) is 0 Å². The van der Waals surface area contributed by atoms with Crippen LogP contribution in [0.25, 0.3) is 0 Å². The standard InChI is InChI=1S/C12H11FN2O2/c1-8(16)6-12-14-11(15-17-12)7-9-4-2-3-5-10(9)13/h2-5H,6-7H2,1H3. The quantitative estimate of drug-likeness (QED) is 0.811. The first-order valence-electron chi connectivity index (χ1n) is 5.19. The topological polar surface area (TPSA) is 56.0 Å². The van der Waals surface area contributed by atoms with Crippen molar-refractivity contribution in [3.8, 4) is 0 Å². The number of carbonyl (C=O) groups excluding carboxylic acids is 1. The third-order valence-corrected chi connectivity index (χ3v) is 2.22. The summed E-state index contributed by atoms with van der Waals surface area (Å²) in [5.74, 6) is 0.298. The molecule has 2 rings (SSSR count). The minimum Gasteiger partial charge on any atom is -0.339 e. The second kappa shape index (κ2) is 4.86. The van der Waals surface area contributed by atoms with E-state index in [1.807, 2.05) is 0 Å². The molecule has 0 atom stereocenters. The molecular weight excluding hydrogens is 223 g/mol. The van der Waals surface area contributed by atoms with E-state index in [1.165, 1.54) is 13.0 Å². The number of hydrogen-bond acceptors (Lipinski definition) is 4. The second-order valence-corrected chi connectivity index (χ2v) is 3.75. The van der Waals surface area contributed by atoms with Gasteiger partial charge >= 0.3 is 0 Å². The average Bonchev–Trinajstić information content (AvgIpc) is 2.68. The van der Waals surface area contributed by atoms with Crippen LogP contribution in [-0.4, -0.2) is 15.9 Å². The van der Waals surface area contributed by atoms with Gasteiger partial charge in [0.2, 0.25) is 5.89 Å². The van der Waals surface area contributed by atoms with E-state index >= 15 is 0 Å². The monoisotopic (exact) mass is 234 g/mol. The number of ketones is 1. The summed E-state index contributed by atoms with van der Waals surface area (Å²) >= 11 is 0. The highest BCUT2D eigenvalue weighted by molar-refractivity contribution is 5.77. The normalized spacial score (nSPS) is 10.5. The van der Waals surface area contributed by atoms with Gasteiger partial charge in [-0.3, -0.25) is 4.79 Å². The van der Waals surface area contributed by atoms with E-state index < -0.39 is 0 Å². The van der Waals surface area contributed by atoms with Gasteiger partial charge in [0.1, 0.15) is 11.6 Å². The lowest BCUT2D eigenvalue weighted by molar-refractivity contribution is -0.116. The van der Waals surface area contributed by atoms with Crippen molar-refractivity contribution >= 4 is 5.78 Å². The summed E-state index contributed by atoms with van der Waals surface area (Å²) < 4.78 is 18.2. The molecule has 1 aromatic heterocycles. The van der Waals surface area contributed by atoms with E-state index in [0.29, 0.717) is 11.4 Å². The highest BCUT2D eigenvalue weighted by atomic mass is 19.1. The van der Waals surface area contributed by atoms with Gasteiger partial charge in [0.15, 0.2) is 5.82 Å². The minimum atomic E-state index is -0.301. The maximum atomic E-state index is 13.4. The van der Waals surface area contributed by atoms with Crippen molar-refractivity contribution in [2.24, 2.45) is 0 Å². The van der Waals surface area contributed by atoms with Crippen LogP contribution in [0.4, 0.5) is 4.39 Å². The van der Waals surface area contributed by atoms with Gasteiger partial charge in [-0.15, -0.1) is 0 Å². The van der Waals surface area contributed by atoms with Gasteiger partial charge in [0.05, 0.1) is 6.42 Å². The predicted octanol–water partition coefficient (Wildman–Crippen LogP) is 1.93. The number of rotatable bonds is 4. The third kappa shape index (κ3) is 2.96. The van der Waals surface area contributed by atoms with E-state index in [4.69, 9.17) is 4.52 Å². The Hall–Kier alpha value is -2.04. The van der Waals surface area contributed by atoms with Gasteiger partial charge in [0.25, 0.3) is 0 Å². The van der Waals surface area contributed by atoms with Crippen molar-refractivity contribution in [2.45, 2.75) is 19.8 Å². The zero-order chi connectivity index (χ0) is 12.3. The second-order valence-electron chi connectivity index (χ2n) is 3.75. The fourth-order valence-electron chi connectivity index (χ4n) is 1.46. The van der Waals surface area contributed by atoms with E-state index in [1.54, 1.807) is 18.2 Å². The fourth-order valence-corrected chi connectivity index (χ4v) is 1.46. The lowest BCUT2D eigenvalue weighted by Crippen LogP contribution is -1.98. The molecule has 4 nitrogen and oxygen atoms in total. The molecule has 0 radical (unpaired) electrons. The Kier molecular flexibility index (Phi) is 3.27. The highest BCUT2D eigenvalue weighted by Crippen LogP contribution is 2.11. The zero-order valence-electron chi connectivity index (χ0n) is 9.31. The first kappa shape index (κ1) is 11.4. The van der Waals surface area contributed by atoms with Crippen LogP contribution in [0.1, 0.15) is 24.2 Å². The number of hydrogen-bond donors (Lipinski definition) is 0. The Labute approximate surface area is 97.5 Å². The summed E-state index contributed by atoms with van der Waals surface area (Å²) in [6.45, 7) is 1.45. The molecule has 5 heteroatoms. The van der Waals surface area contributed by atoms with Crippen LogP contribution < -0.4 is 0 Å². The van der Waals surface area contributed by atoms with E-state index in [0.717, 1.165) is 0 Å². The van der Waals surface area contributed by atoms with Crippen molar-refractivity contribution in [3.63, 3.8) is 0 Å². The Balaban J connectivity index is 2.12. The first-order chi connectivity index (χ1) is 8.15. The minimum absolute atomic E-state index is 0.0499. The Morgan fingerprint density at radius 3 is 2.88 bits per heavy atom. The summed E-state index contributed by atoms with van der Waals surface area (Å²) in [5.41, 5.74) is 0.502. The summed E-state index contributed by atoms with van der Waals surface area (Å²) in [6, 6.07) is 6.41. The van der Waals surface area contributed by atoms with Crippen LogP contribution in [0.5, 0.6) is 0 Å². The molecule has 0 aliphatic rings. The highest BCUT2D eigenvalue weighted by Gasteiger charge is 2.10. The van der Waals surface area contributed by atoms with Crippen LogP contribution in [0.3, 0.4) is 0 Å². The third-order valence-electron chi connectivity index (χ3n) is 2.22. The largest absolute Gasteiger partial charge is 0.339 e. The molecule has 1 heterocycles. The Morgan fingerprint density at radius 1 is 1.41 bits per heavy atom. The average molecular weight is 234 g/mol. The molecule has 0 N–H and O–H groups in total. The molecule has 0 amide bonds. The van der Waals surface area contributed by atoms with Crippen molar-refractivity contribution < 1.29 is 13.7 Å². The summed E-state index contributed by atoms with van der Waals surface area (Å²) in [5, 5.41) is 3.70. The SMILES string of the molecule is CC(=O)Cc1nc(Cc2ccccc2F)no1. The van der Waals surface area contributed by atoms with Gasteiger partial charge in [-0.2, -0.15) is 4.98 Å². The van der Waals surface area contributed by atoms with Gasteiger partial charge in [-0.1, -0.05) is 23.4 Å². The van der Waals surface area contributed by atoms with Gasteiger partial charge < -0.3 is 4.52 Å². The van der Waals surface area contributed by atoms with E-state index in [-0.39, 0.29) is 30.3 Å². The Bertz CT molecular complexity index is 537. The number of nitrogens with zero attached hydrogens (tertiary/aromatic N) is 2. The predicted molar refractivity (Wildman–Crippen MR) is 57.9 cm³/mol. The van der Waals surface area contributed by atoms with Crippen molar-refractivity contribution in [3.05, 3.63) is 47.4 Å². The molecule has 0 aliphatic heterocycles. The molecule has 0 bridgehead atoms. The van der Waals surface area contributed by atoms with Crippen LogP contribution >= 0.6 is 0 Å². The van der Waals surface area contributed by atoms with Crippen molar-refractivity contribution in [1.82, 2.24) is 10.1 Å². The maximum Gasteiger partial charge on any atom is 0.234 e. The van der Waals surface area contributed by atoms with Gasteiger partial charge in [0, 0.05) is 6.42 Å².